The fourth-order valence-corrected chi connectivity index (χ4v) is 2.21. The highest BCUT2D eigenvalue weighted by Crippen LogP contribution is 2.29. The Morgan fingerprint density at radius 2 is 1.32 bits per heavy atom. The van der Waals surface area contributed by atoms with Crippen LogP contribution in [0.4, 0.5) is 0 Å². The molecule has 8 heteroatoms. The average molecular weight is 322 g/mol. The lowest BCUT2D eigenvalue weighted by Gasteiger charge is -2.44. The molecule has 0 unspecified atom stereocenters. The van der Waals surface area contributed by atoms with Gasteiger partial charge in [0.25, 0.3) is 0 Å². The highest BCUT2D eigenvalue weighted by atomic mass is 16.8. The molecule has 1 saturated heterocycles. The lowest BCUT2D eigenvalue weighted by molar-refractivity contribution is -0.326. The third kappa shape index (κ3) is 5.25. The minimum Gasteiger partial charge on any atom is -0.359 e. The van der Waals surface area contributed by atoms with E-state index in [0.717, 1.165) is 0 Å². The molecule has 0 aromatic rings. The average Bonchev–Trinajstić information content (AvgIpc) is 2.55. The first-order valence-corrected chi connectivity index (χ1v) is 6.85. The Kier molecular flexibility index (Phi) is 9.76. The molecule has 0 bridgehead atoms. The van der Waals surface area contributed by atoms with Crippen LogP contribution in [0, 0.1) is 0 Å². The number of methoxy groups -OCH3 is 4. The van der Waals surface area contributed by atoms with Crippen LogP contribution in [0.15, 0.2) is 12.7 Å². The highest BCUT2D eigenvalue weighted by molar-refractivity contribution is 4.99. The van der Waals surface area contributed by atoms with Gasteiger partial charge in [-0.25, -0.2) is 0 Å². The molecular weight excluding hydrogens is 296 g/mol. The Morgan fingerprint density at radius 1 is 0.818 bits per heavy atom. The second kappa shape index (κ2) is 11.0. The van der Waals surface area contributed by atoms with Gasteiger partial charge in [-0.05, 0) is 0 Å². The molecule has 1 fully saturated rings. The normalized spacial score (nSPS) is 32.1. The summed E-state index contributed by atoms with van der Waals surface area (Å²) in [5.74, 6) is 0. The Bertz CT molecular complexity index is 301. The van der Waals surface area contributed by atoms with Crippen LogP contribution in [0.2, 0.25) is 0 Å². The first-order chi connectivity index (χ1) is 10.7. The van der Waals surface area contributed by atoms with Crippen LogP contribution in [-0.4, -0.2) is 79.5 Å². The van der Waals surface area contributed by atoms with Crippen molar-refractivity contribution in [2.45, 2.75) is 30.7 Å². The quantitative estimate of drug-likeness (QED) is 0.402. The maximum absolute atomic E-state index is 5.79. The van der Waals surface area contributed by atoms with E-state index in [4.69, 9.17) is 37.9 Å². The van der Waals surface area contributed by atoms with Crippen LogP contribution < -0.4 is 0 Å². The summed E-state index contributed by atoms with van der Waals surface area (Å²) in [5.41, 5.74) is 0. The number of ether oxygens (including phenoxy) is 8. The van der Waals surface area contributed by atoms with Crippen LogP contribution in [0.3, 0.4) is 0 Å². The molecule has 0 N–H and O–H groups in total. The molecule has 22 heavy (non-hydrogen) atoms. The van der Waals surface area contributed by atoms with Crippen LogP contribution in [0.1, 0.15) is 0 Å². The van der Waals surface area contributed by atoms with Crippen molar-refractivity contribution in [2.75, 3.05) is 48.8 Å². The van der Waals surface area contributed by atoms with Crippen molar-refractivity contribution in [3.8, 4) is 0 Å². The van der Waals surface area contributed by atoms with E-state index < -0.39 is 30.7 Å². The SMILES string of the molecule is C=C[C@H]1O[C@H](OC)[C@H](OCOC)[C@@H](OCOC)[C@@H]1OCOC. The second-order valence-corrected chi connectivity index (χ2v) is 4.55. The van der Waals surface area contributed by atoms with Gasteiger partial charge in [0.05, 0.1) is 0 Å². The van der Waals surface area contributed by atoms with Gasteiger partial charge in [-0.3, -0.25) is 0 Å². The predicted octanol–water partition coefficient (Wildman–Crippen LogP) is 0.511. The van der Waals surface area contributed by atoms with Crippen molar-refractivity contribution in [2.24, 2.45) is 0 Å². The van der Waals surface area contributed by atoms with E-state index in [0.29, 0.717) is 0 Å². The van der Waals surface area contributed by atoms with Crippen molar-refractivity contribution in [1.29, 1.82) is 0 Å². The summed E-state index contributed by atoms with van der Waals surface area (Å²) >= 11 is 0. The van der Waals surface area contributed by atoms with Crippen LogP contribution in [0.5, 0.6) is 0 Å². The molecule has 0 amide bonds. The van der Waals surface area contributed by atoms with Gasteiger partial charge in [-0.2, -0.15) is 0 Å². The number of rotatable bonds is 11. The molecule has 0 aromatic heterocycles. The fraction of sp³-hybridized carbons (Fsp3) is 0.857. The molecule has 8 nitrogen and oxygen atoms in total. The van der Waals surface area contributed by atoms with Gasteiger partial charge >= 0.3 is 0 Å². The highest BCUT2D eigenvalue weighted by Gasteiger charge is 2.47. The minimum absolute atomic E-state index is 0.0660. The minimum atomic E-state index is -0.651. The zero-order valence-corrected chi connectivity index (χ0v) is 13.6. The summed E-state index contributed by atoms with van der Waals surface area (Å²) in [7, 11) is 6.13. The summed E-state index contributed by atoms with van der Waals surface area (Å²) in [4.78, 5) is 0. The third-order valence-corrected chi connectivity index (χ3v) is 3.13. The van der Waals surface area contributed by atoms with Crippen molar-refractivity contribution in [1.82, 2.24) is 0 Å². The van der Waals surface area contributed by atoms with Gasteiger partial charge < -0.3 is 37.9 Å². The largest absolute Gasteiger partial charge is 0.359 e. The van der Waals surface area contributed by atoms with Crippen molar-refractivity contribution >= 4 is 0 Å². The maximum Gasteiger partial charge on any atom is 0.186 e. The maximum atomic E-state index is 5.79. The Labute approximate surface area is 131 Å². The zero-order valence-electron chi connectivity index (χ0n) is 13.6. The smallest absolute Gasteiger partial charge is 0.186 e. The van der Waals surface area contributed by atoms with Crippen LogP contribution >= 0.6 is 0 Å². The topological polar surface area (TPSA) is 73.8 Å². The van der Waals surface area contributed by atoms with E-state index in [1.165, 1.54) is 28.4 Å². The van der Waals surface area contributed by atoms with E-state index in [2.05, 4.69) is 6.58 Å². The summed E-state index contributed by atoms with van der Waals surface area (Å²) in [6.07, 6.45) is -1.01. The molecule has 0 radical (unpaired) electrons. The van der Waals surface area contributed by atoms with Gasteiger partial charge in [0.1, 0.15) is 44.8 Å². The van der Waals surface area contributed by atoms with Crippen LogP contribution in [0.25, 0.3) is 0 Å². The molecule has 0 saturated carbocycles. The second-order valence-electron chi connectivity index (χ2n) is 4.55. The summed E-state index contributed by atoms with van der Waals surface area (Å²) in [5, 5.41) is 0. The first-order valence-electron chi connectivity index (χ1n) is 6.85. The molecule has 5 atom stereocenters. The summed E-state index contributed by atoms with van der Waals surface area (Å²) < 4.78 is 43.1. The van der Waals surface area contributed by atoms with E-state index in [-0.39, 0.29) is 20.4 Å². The molecule has 0 aromatic carbocycles. The third-order valence-electron chi connectivity index (χ3n) is 3.13. The monoisotopic (exact) mass is 322 g/mol. The van der Waals surface area contributed by atoms with E-state index in [1.807, 2.05) is 0 Å². The predicted molar refractivity (Wildman–Crippen MR) is 76.1 cm³/mol. The Hall–Kier alpha value is -0.580. The summed E-state index contributed by atoms with van der Waals surface area (Å²) in [6, 6.07) is 0. The van der Waals surface area contributed by atoms with Crippen molar-refractivity contribution < 1.29 is 37.9 Å². The van der Waals surface area contributed by atoms with E-state index >= 15 is 0 Å². The van der Waals surface area contributed by atoms with Gasteiger partial charge in [0.15, 0.2) is 6.29 Å². The fourth-order valence-electron chi connectivity index (χ4n) is 2.21. The molecule has 1 aliphatic rings. The van der Waals surface area contributed by atoms with Gasteiger partial charge in [-0.1, -0.05) is 6.08 Å². The molecule has 1 heterocycles. The molecule has 0 aliphatic carbocycles. The number of hydrogen-bond acceptors (Lipinski definition) is 8. The van der Waals surface area contributed by atoms with Gasteiger partial charge in [0, 0.05) is 28.4 Å². The van der Waals surface area contributed by atoms with Crippen LogP contribution in [-0.2, 0) is 37.9 Å². The standard InChI is InChI=1S/C14H26O8/c1-6-10-11(19-7-15-2)12(20-8-16-3)13(21-9-17-4)14(18-5)22-10/h6,10-14H,1,7-9H2,2-5H3/t10-,11-,12+,13-,14+/m1/s1. The zero-order chi connectivity index (χ0) is 16.4. The lowest BCUT2D eigenvalue weighted by Crippen LogP contribution is -2.60. The van der Waals surface area contributed by atoms with Gasteiger partial charge in [-0.15, -0.1) is 6.58 Å². The molecule has 1 aliphatic heterocycles. The van der Waals surface area contributed by atoms with E-state index in [9.17, 15) is 0 Å². The first kappa shape index (κ1) is 19.5. The molecule has 0 spiro atoms. The van der Waals surface area contributed by atoms with Crippen molar-refractivity contribution in [3.63, 3.8) is 0 Å². The Morgan fingerprint density at radius 3 is 1.77 bits per heavy atom. The number of hydrogen-bond donors (Lipinski definition) is 0. The summed E-state index contributed by atoms with van der Waals surface area (Å²) in [6.45, 7) is 3.98. The Balaban J connectivity index is 2.93. The van der Waals surface area contributed by atoms with E-state index in [1.54, 1.807) is 6.08 Å². The lowest BCUT2D eigenvalue weighted by atomic mass is 9.98. The molecular formula is C14H26O8. The molecule has 1 rings (SSSR count). The van der Waals surface area contributed by atoms with Crippen molar-refractivity contribution in [3.05, 3.63) is 12.7 Å². The molecule has 130 valence electrons. The van der Waals surface area contributed by atoms with Gasteiger partial charge in [0.2, 0.25) is 0 Å².